The molecule has 0 aromatic carbocycles. The van der Waals surface area contributed by atoms with E-state index in [1.54, 1.807) is 60.1 Å². The Bertz CT molecular complexity index is 1690. The van der Waals surface area contributed by atoms with Gasteiger partial charge in [0.15, 0.2) is 21.7 Å². The van der Waals surface area contributed by atoms with Crippen molar-refractivity contribution in [3.05, 3.63) is 0 Å². The number of methoxy groups -OCH3 is 3. The number of hydrogen-bond donors (Lipinski definition) is 3. The van der Waals surface area contributed by atoms with Crippen molar-refractivity contribution in [3.63, 3.8) is 0 Å². The summed E-state index contributed by atoms with van der Waals surface area (Å²) in [6.07, 6.45) is 6.00. The Hall–Kier alpha value is -3.40. The van der Waals surface area contributed by atoms with Gasteiger partial charge in [0.2, 0.25) is 37.6 Å². The van der Waals surface area contributed by atoms with Crippen LogP contribution in [0, 0.1) is 0 Å². The van der Waals surface area contributed by atoms with Crippen molar-refractivity contribution in [1.82, 2.24) is 29.5 Å². The number of thiocarbonyl (C=S) groups is 5. The molecule has 2 amide bonds. The lowest BCUT2D eigenvalue weighted by molar-refractivity contribution is -0.150. The van der Waals surface area contributed by atoms with Crippen LogP contribution in [0.25, 0.3) is 0 Å². The fourth-order valence-electron chi connectivity index (χ4n) is 0.144. The SMILES string of the molecule is CC(=O)C(C)=O.CC(=O)N(C)C.CC(=S)N(C)C.CC(C)=O.CC(C)=S.CN(C)S(C)(=O)=O.CNC(C)=O.CNC(C)=S.CNS(C)(=O)=O.COC(=O)C(C)=O.COC(C)=O.COC(C)=S.CSC(C)=O.CSC(C)=S. The third kappa shape index (κ3) is 270. The number of nitrogens with one attached hydrogen (secondary N) is 3. The molecule has 456 valence electrons. The van der Waals surface area contributed by atoms with Crippen LogP contribution in [-0.2, 0) is 77.4 Å². The molecule has 0 bridgehead atoms. The molecule has 0 spiro atoms. The molecule has 0 aromatic rings. The number of hydrogen-bond acceptors (Lipinski definition) is 23. The largest absolute Gasteiger partial charge is 0.491 e. The summed E-state index contributed by atoms with van der Waals surface area (Å²) >= 11 is 25.9. The van der Waals surface area contributed by atoms with Crippen LogP contribution >= 0.6 is 84.6 Å². The molecule has 0 unspecified atom stereocenters. The summed E-state index contributed by atoms with van der Waals surface area (Å²) in [5.74, 6) is -2.10. The average Bonchev–Trinajstić information content (AvgIpc) is 3.27. The number of carbonyl (C=O) groups is 9. The van der Waals surface area contributed by atoms with Crippen LogP contribution in [0.4, 0.5) is 0 Å². The third-order valence-corrected chi connectivity index (χ3v) is 9.57. The minimum atomic E-state index is -2.91. The van der Waals surface area contributed by atoms with E-state index in [1.165, 1.54) is 100 Å². The van der Waals surface area contributed by atoms with Crippen molar-refractivity contribution in [2.75, 3.05) is 110 Å². The topological polar surface area (TPSA) is 295 Å². The van der Waals surface area contributed by atoms with Crippen LogP contribution in [0.15, 0.2) is 0 Å². The summed E-state index contributed by atoms with van der Waals surface area (Å²) in [6, 6.07) is 0. The second kappa shape index (κ2) is 78.1. The van der Waals surface area contributed by atoms with Crippen molar-refractivity contribution in [2.24, 2.45) is 0 Å². The number of rotatable bonds is 4. The predicted octanol–water partition coefficient (Wildman–Crippen LogP) is 5.62. The first kappa shape index (κ1) is 108. The minimum Gasteiger partial charge on any atom is -0.491 e. The van der Waals surface area contributed by atoms with Crippen LogP contribution in [0.2, 0.25) is 0 Å². The number of sulfonamides is 2. The van der Waals surface area contributed by atoms with Crippen molar-refractivity contribution < 1.29 is 74.2 Å². The van der Waals surface area contributed by atoms with Crippen molar-refractivity contribution >= 4 is 181 Å². The first-order valence-corrected chi connectivity index (χ1v) is 29.2. The minimum absolute atomic E-state index is 0.00463. The zero-order chi connectivity index (χ0) is 65.5. The predicted molar refractivity (Wildman–Crippen MR) is 339 cm³/mol. The molecule has 0 heterocycles. The average molecular weight is 1270 g/mol. The first-order chi connectivity index (χ1) is 33.7. The second-order valence-electron chi connectivity index (χ2n) is 13.7. The number of thioether (sulfide) groups is 2. The molecule has 31 heteroatoms. The number of carbonyl (C=O) groups excluding carboxylic acids is 9. The van der Waals surface area contributed by atoms with Gasteiger partial charge in [-0.2, -0.15) is 0 Å². The van der Waals surface area contributed by atoms with Gasteiger partial charge >= 0.3 is 11.9 Å². The maximum atomic E-state index is 10.3. The maximum absolute atomic E-state index is 10.3. The fraction of sp³-hybridized carbons (Fsp3) is 0.689. The zero-order valence-corrected chi connectivity index (χ0v) is 58.4. The van der Waals surface area contributed by atoms with E-state index in [4.69, 9.17) is 12.2 Å². The van der Waals surface area contributed by atoms with Gasteiger partial charge in [0, 0.05) is 116 Å². The molecule has 0 saturated carbocycles. The van der Waals surface area contributed by atoms with Gasteiger partial charge < -0.3 is 39.4 Å². The Morgan fingerprint density at radius 1 is 0.500 bits per heavy atom. The Morgan fingerprint density at radius 2 is 0.684 bits per heavy atom. The highest BCUT2D eigenvalue weighted by Gasteiger charge is 2.03. The van der Waals surface area contributed by atoms with E-state index in [-0.39, 0.29) is 40.2 Å². The van der Waals surface area contributed by atoms with Crippen LogP contribution < -0.4 is 15.4 Å². The van der Waals surface area contributed by atoms with Crippen LogP contribution in [0.1, 0.15) is 104 Å². The second-order valence-corrected chi connectivity index (χ2v) is 23.3. The first-order valence-electron chi connectivity index (χ1n) is 20.9. The quantitative estimate of drug-likeness (QED) is 0.175. The summed E-state index contributed by atoms with van der Waals surface area (Å²) in [6.45, 7) is 23.8. The molecule has 0 aliphatic carbocycles. The fourth-order valence-corrected chi connectivity index (χ4v) is 0.144. The van der Waals surface area contributed by atoms with Gasteiger partial charge in [-0.3, -0.25) is 33.6 Å². The summed E-state index contributed by atoms with van der Waals surface area (Å²) in [5.41, 5.74) is 0. The Kier molecular flexibility index (Phi) is 111. The molecule has 22 nitrogen and oxygen atoms in total. The number of amides is 2. The smallest absolute Gasteiger partial charge is 0.374 e. The van der Waals surface area contributed by atoms with Crippen molar-refractivity contribution in [3.8, 4) is 0 Å². The van der Waals surface area contributed by atoms with Crippen molar-refractivity contribution in [2.45, 2.75) is 104 Å². The van der Waals surface area contributed by atoms with E-state index in [9.17, 15) is 60.0 Å². The zero-order valence-electron chi connectivity index (χ0n) is 51.0. The Balaban J connectivity index is -0.0000000455. The highest BCUT2D eigenvalue weighted by Crippen LogP contribution is 1.93. The lowest BCUT2D eigenvalue weighted by Gasteiger charge is -2.06. The van der Waals surface area contributed by atoms with Gasteiger partial charge in [0.25, 0.3) is 0 Å². The van der Waals surface area contributed by atoms with E-state index in [0.717, 1.165) is 42.8 Å². The van der Waals surface area contributed by atoms with E-state index in [0.29, 0.717) is 5.05 Å². The highest BCUT2D eigenvalue weighted by molar-refractivity contribution is 8.22. The third-order valence-electron chi connectivity index (χ3n) is 5.12. The molecule has 0 atom stereocenters. The molecule has 0 saturated heterocycles. The molecule has 0 rings (SSSR count). The molecule has 76 heavy (non-hydrogen) atoms. The van der Waals surface area contributed by atoms with Crippen LogP contribution in [0.5, 0.6) is 0 Å². The lowest BCUT2D eigenvalue weighted by Crippen LogP contribution is -2.19. The molecule has 0 aliphatic rings. The van der Waals surface area contributed by atoms with Gasteiger partial charge in [0.1, 0.15) is 5.78 Å². The number of ether oxygens (including phenoxy) is 3. The molecule has 0 radical (unpaired) electrons. The molecule has 0 fully saturated rings. The van der Waals surface area contributed by atoms with Gasteiger partial charge in [-0.25, -0.2) is 30.7 Å². The summed E-state index contributed by atoms with van der Waals surface area (Å²) in [4.78, 5) is 94.2. The standard InChI is InChI=1S/C4H9NO.C4H9NS.C4H6O3.C4H6O2.C3H9NO2S.C3H7NO.C3H7NS.C3H6O2.2C3H6OS.C3H6O.C3H6S2.C3H6S.C2H7NO2S/c2*1-4(6)5(2)3;1-3(5)4(6)7-2;1-3(5)4(2)6;1-4(2)7(3,5)6;2*1-3(5)4-2;2*1-3(4)5-2;1-3(5)4-2;1-3(2)4;1-3(4)5-2;1-3(2)4;1-3-6(2,4)5/h2*1-3H3;1-2H3;1-2H3;1-3H3;2*1-2H3,(H,4,5);3*1-2H3;1-2H3;1-2H3;1-2H3;3H,1-2H3. The van der Waals surface area contributed by atoms with Crippen molar-refractivity contribution in [1.29, 1.82) is 0 Å². The van der Waals surface area contributed by atoms with Gasteiger partial charge in [0.05, 0.1) is 43.8 Å². The van der Waals surface area contributed by atoms with E-state index in [1.807, 2.05) is 66.9 Å². The number of ketones is 4. The highest BCUT2D eigenvalue weighted by atomic mass is 32.2. The summed E-state index contributed by atoms with van der Waals surface area (Å²) in [7, 11) is 13.3. The monoisotopic (exact) mass is 1260 g/mol. The summed E-state index contributed by atoms with van der Waals surface area (Å²) < 4.78 is 57.1. The van der Waals surface area contributed by atoms with Gasteiger partial charge in [-0.05, 0) is 85.1 Å². The number of esters is 2. The maximum Gasteiger partial charge on any atom is 0.374 e. The van der Waals surface area contributed by atoms with Crippen LogP contribution in [-0.4, -0.2) is 217 Å². The molecule has 0 aromatic heterocycles. The van der Waals surface area contributed by atoms with Gasteiger partial charge in [-0.1, -0.05) is 60.6 Å². The Labute approximate surface area is 494 Å². The van der Waals surface area contributed by atoms with E-state index in [2.05, 4.69) is 78.4 Å². The molecular weight excluding hydrogens is 1170 g/mol. The summed E-state index contributed by atoms with van der Waals surface area (Å²) in [5, 5.41) is 5.91. The van der Waals surface area contributed by atoms with E-state index < -0.39 is 31.8 Å². The molecule has 3 N–H and O–H groups in total. The normalized spacial score (nSPS) is 8.11. The van der Waals surface area contributed by atoms with Gasteiger partial charge in [-0.15, -0.1) is 11.8 Å². The molecular formula is C45H96N6O16S9. The lowest BCUT2D eigenvalue weighted by atomic mass is 10.3. The Morgan fingerprint density at radius 3 is 0.684 bits per heavy atom. The van der Waals surface area contributed by atoms with E-state index >= 15 is 0 Å². The number of nitrogens with zero attached hydrogens (tertiary/aromatic N) is 3. The van der Waals surface area contributed by atoms with Crippen LogP contribution in [0.3, 0.4) is 0 Å². The number of Topliss-reactive ketones (excluding diaryl/α,β-unsaturated/α-hetero) is 4. The molecule has 0 aliphatic heterocycles.